The van der Waals surface area contributed by atoms with Gasteiger partial charge in [-0.2, -0.15) is 0 Å². The summed E-state index contributed by atoms with van der Waals surface area (Å²) >= 11 is 3.87. The minimum atomic E-state index is 0.0123. The van der Waals surface area contributed by atoms with Gasteiger partial charge in [0.15, 0.2) is 0 Å². The fourth-order valence-corrected chi connectivity index (χ4v) is 4.40. The molecule has 0 N–H and O–H groups in total. The van der Waals surface area contributed by atoms with Crippen LogP contribution in [0.5, 0.6) is 0 Å². The minimum absolute atomic E-state index is 0.0123. The van der Waals surface area contributed by atoms with Crippen molar-refractivity contribution in [3.63, 3.8) is 0 Å². The van der Waals surface area contributed by atoms with Crippen LogP contribution in [0.15, 0.2) is 37.1 Å². The third kappa shape index (κ3) is 3.78. The lowest BCUT2D eigenvalue weighted by Crippen LogP contribution is -2.21. The van der Waals surface area contributed by atoms with E-state index in [0.717, 1.165) is 12.1 Å². The Labute approximate surface area is 113 Å². The van der Waals surface area contributed by atoms with Gasteiger partial charge in [-0.15, -0.1) is 30.1 Å². The molecule has 0 saturated heterocycles. The van der Waals surface area contributed by atoms with Gasteiger partial charge >= 0.3 is 0 Å². The van der Waals surface area contributed by atoms with E-state index in [2.05, 4.69) is 43.8 Å². The van der Waals surface area contributed by atoms with Crippen LogP contribution in [0.2, 0.25) is 0 Å². The number of rotatable bonds is 7. The van der Waals surface area contributed by atoms with Crippen molar-refractivity contribution < 1.29 is 0 Å². The predicted octanol–water partition coefficient (Wildman–Crippen LogP) is 4.71. The molecular weight excluding hydrogens is 246 g/mol. The Hall–Kier alpha value is -0.410. The zero-order valence-electron chi connectivity index (χ0n) is 10.8. The SMILES string of the molecule is C=CCC(SC)(SC(C)CC)c1ccccn1. The monoisotopic (exact) mass is 267 g/mol. The summed E-state index contributed by atoms with van der Waals surface area (Å²) in [6.07, 6.45) is 8.16. The lowest BCUT2D eigenvalue weighted by Gasteiger charge is -2.32. The summed E-state index contributed by atoms with van der Waals surface area (Å²) in [7, 11) is 0. The molecule has 0 amide bonds. The Kier molecular flexibility index (Phi) is 6.14. The first-order valence-electron chi connectivity index (χ1n) is 5.94. The van der Waals surface area contributed by atoms with Gasteiger partial charge in [0.1, 0.15) is 4.08 Å². The standard InChI is InChI=1S/C14H21NS2/c1-5-10-14(16-4,17-12(3)6-2)13-9-7-8-11-15-13/h5,7-9,11-12H,1,6,10H2,2-4H3. The molecule has 0 bridgehead atoms. The molecule has 1 rings (SSSR count). The Morgan fingerprint density at radius 1 is 1.53 bits per heavy atom. The first-order chi connectivity index (χ1) is 8.18. The normalized spacial score (nSPS) is 16.2. The molecular formula is C14H21NS2. The fraction of sp³-hybridized carbons (Fsp3) is 0.500. The highest BCUT2D eigenvalue weighted by atomic mass is 32.2. The van der Waals surface area contributed by atoms with Crippen LogP contribution >= 0.6 is 23.5 Å². The molecule has 0 fully saturated rings. The molecule has 0 aliphatic rings. The first kappa shape index (κ1) is 14.7. The molecule has 94 valence electrons. The molecule has 1 aromatic heterocycles. The lowest BCUT2D eigenvalue weighted by atomic mass is 10.2. The summed E-state index contributed by atoms with van der Waals surface area (Å²) in [5.74, 6) is 0. The van der Waals surface area contributed by atoms with Crippen LogP contribution < -0.4 is 0 Å². The number of hydrogen-bond donors (Lipinski definition) is 0. The molecule has 2 unspecified atom stereocenters. The van der Waals surface area contributed by atoms with Crippen LogP contribution in [-0.4, -0.2) is 16.5 Å². The summed E-state index contributed by atoms with van der Waals surface area (Å²) in [6.45, 7) is 8.41. The van der Waals surface area contributed by atoms with Gasteiger partial charge in [-0.1, -0.05) is 26.0 Å². The van der Waals surface area contributed by atoms with Gasteiger partial charge in [0.05, 0.1) is 5.69 Å². The van der Waals surface area contributed by atoms with E-state index in [4.69, 9.17) is 0 Å². The molecule has 0 aliphatic heterocycles. The quantitative estimate of drug-likeness (QED) is 0.525. The van der Waals surface area contributed by atoms with Crippen molar-refractivity contribution in [2.75, 3.05) is 6.26 Å². The summed E-state index contributed by atoms with van der Waals surface area (Å²) < 4.78 is 0.0123. The van der Waals surface area contributed by atoms with Crippen LogP contribution in [0.4, 0.5) is 0 Å². The van der Waals surface area contributed by atoms with Crippen molar-refractivity contribution in [3.05, 3.63) is 42.7 Å². The highest BCUT2D eigenvalue weighted by molar-refractivity contribution is 8.17. The molecule has 0 spiro atoms. The van der Waals surface area contributed by atoms with E-state index in [1.54, 1.807) is 0 Å². The number of thioether (sulfide) groups is 2. The maximum Gasteiger partial charge on any atom is 0.106 e. The summed E-state index contributed by atoms with van der Waals surface area (Å²) in [5.41, 5.74) is 1.15. The topological polar surface area (TPSA) is 12.9 Å². The third-order valence-electron chi connectivity index (χ3n) is 2.76. The summed E-state index contributed by atoms with van der Waals surface area (Å²) in [6, 6.07) is 6.15. The van der Waals surface area contributed by atoms with Crippen molar-refractivity contribution in [1.29, 1.82) is 0 Å². The molecule has 0 radical (unpaired) electrons. The van der Waals surface area contributed by atoms with Gasteiger partial charge in [-0.25, -0.2) is 0 Å². The summed E-state index contributed by atoms with van der Waals surface area (Å²) in [4.78, 5) is 4.54. The fourth-order valence-electron chi connectivity index (χ4n) is 1.64. The second-order valence-electron chi connectivity index (χ2n) is 4.00. The molecule has 2 atom stereocenters. The molecule has 17 heavy (non-hydrogen) atoms. The van der Waals surface area contributed by atoms with E-state index in [9.17, 15) is 0 Å². The van der Waals surface area contributed by atoms with Gasteiger partial charge in [0, 0.05) is 11.4 Å². The van der Waals surface area contributed by atoms with E-state index in [0.29, 0.717) is 5.25 Å². The molecule has 1 heterocycles. The second-order valence-corrected chi connectivity index (χ2v) is 7.10. The molecule has 1 nitrogen and oxygen atoms in total. The number of aromatic nitrogens is 1. The third-order valence-corrected chi connectivity index (χ3v) is 6.08. The predicted molar refractivity (Wildman–Crippen MR) is 81.6 cm³/mol. The van der Waals surface area contributed by atoms with E-state index < -0.39 is 0 Å². The highest BCUT2D eigenvalue weighted by Crippen LogP contribution is 2.49. The Morgan fingerprint density at radius 3 is 2.76 bits per heavy atom. The van der Waals surface area contributed by atoms with Gasteiger partial charge < -0.3 is 0 Å². The highest BCUT2D eigenvalue weighted by Gasteiger charge is 2.33. The molecule has 1 aromatic rings. The van der Waals surface area contributed by atoms with Crippen molar-refractivity contribution >= 4 is 23.5 Å². The second kappa shape index (κ2) is 7.12. The average Bonchev–Trinajstić information content (AvgIpc) is 2.39. The average molecular weight is 267 g/mol. The van der Waals surface area contributed by atoms with Crippen molar-refractivity contribution in [2.45, 2.75) is 36.0 Å². The molecule has 0 aromatic carbocycles. The zero-order chi connectivity index (χ0) is 12.7. The van der Waals surface area contributed by atoms with Crippen LogP contribution in [0, 0.1) is 0 Å². The van der Waals surface area contributed by atoms with Gasteiger partial charge in [0.2, 0.25) is 0 Å². The zero-order valence-corrected chi connectivity index (χ0v) is 12.5. The van der Waals surface area contributed by atoms with Crippen molar-refractivity contribution in [3.8, 4) is 0 Å². The van der Waals surface area contributed by atoms with Gasteiger partial charge in [0.25, 0.3) is 0 Å². The van der Waals surface area contributed by atoms with Crippen LogP contribution in [0.1, 0.15) is 32.4 Å². The largest absolute Gasteiger partial charge is 0.259 e. The maximum atomic E-state index is 4.54. The maximum absolute atomic E-state index is 4.54. The smallest absolute Gasteiger partial charge is 0.106 e. The van der Waals surface area contributed by atoms with Crippen molar-refractivity contribution in [2.24, 2.45) is 0 Å². The lowest BCUT2D eigenvalue weighted by molar-refractivity contribution is 0.825. The van der Waals surface area contributed by atoms with Crippen molar-refractivity contribution in [1.82, 2.24) is 4.98 Å². The Balaban J connectivity index is 3.03. The van der Waals surface area contributed by atoms with E-state index >= 15 is 0 Å². The Morgan fingerprint density at radius 2 is 2.29 bits per heavy atom. The van der Waals surface area contributed by atoms with Crippen LogP contribution in [0.25, 0.3) is 0 Å². The van der Waals surface area contributed by atoms with E-state index in [1.807, 2.05) is 41.9 Å². The number of pyridine rings is 1. The number of nitrogens with zero attached hydrogens (tertiary/aromatic N) is 1. The minimum Gasteiger partial charge on any atom is -0.259 e. The van der Waals surface area contributed by atoms with Crippen LogP contribution in [-0.2, 0) is 4.08 Å². The molecule has 0 aliphatic carbocycles. The Bertz CT molecular complexity index is 339. The number of hydrogen-bond acceptors (Lipinski definition) is 3. The van der Waals surface area contributed by atoms with E-state index in [1.165, 1.54) is 6.42 Å². The van der Waals surface area contributed by atoms with Gasteiger partial charge in [-0.05, 0) is 31.2 Å². The molecule has 3 heteroatoms. The molecule has 0 saturated carbocycles. The number of allylic oxidation sites excluding steroid dienone is 1. The van der Waals surface area contributed by atoms with Gasteiger partial charge in [-0.3, -0.25) is 4.98 Å². The first-order valence-corrected chi connectivity index (χ1v) is 8.04. The van der Waals surface area contributed by atoms with Crippen LogP contribution in [0.3, 0.4) is 0 Å². The van der Waals surface area contributed by atoms with E-state index in [-0.39, 0.29) is 4.08 Å². The summed E-state index contributed by atoms with van der Waals surface area (Å²) in [5, 5.41) is 0.629.